The third-order valence-electron chi connectivity index (χ3n) is 6.22. The number of halogens is 1. The van der Waals surface area contributed by atoms with E-state index in [1.54, 1.807) is 12.4 Å². The Morgan fingerprint density at radius 2 is 1.89 bits per heavy atom. The van der Waals surface area contributed by atoms with Crippen LogP contribution in [0.4, 0.5) is 10.2 Å². The van der Waals surface area contributed by atoms with Crippen LogP contribution in [0.1, 0.15) is 39.2 Å². The molecule has 5 aromatic rings. The molecule has 9 nitrogen and oxygen atoms in total. The lowest BCUT2D eigenvalue weighted by molar-refractivity contribution is -0.122. The molecule has 4 aromatic heterocycles. The summed E-state index contributed by atoms with van der Waals surface area (Å²) in [5, 5.41) is 22.8. The van der Waals surface area contributed by atoms with E-state index < -0.39 is 0 Å². The minimum Gasteiger partial charge on any atom is -0.483 e. The molecule has 1 aliphatic carbocycles. The number of carbonyl (C=O) groups is 1. The number of anilines is 1. The van der Waals surface area contributed by atoms with Crippen molar-refractivity contribution in [3.8, 4) is 22.5 Å². The maximum atomic E-state index is 14.2. The van der Waals surface area contributed by atoms with Gasteiger partial charge in [-0.3, -0.25) is 9.48 Å². The van der Waals surface area contributed by atoms with Crippen molar-refractivity contribution < 1.29 is 23.8 Å². The van der Waals surface area contributed by atoms with E-state index in [1.165, 1.54) is 23.7 Å². The van der Waals surface area contributed by atoms with E-state index in [1.807, 2.05) is 23.1 Å². The van der Waals surface area contributed by atoms with Gasteiger partial charge in [0.05, 0.1) is 23.0 Å². The Morgan fingerprint density at radius 3 is 2.64 bits per heavy atom. The number of rotatable bonds is 3. The molecule has 1 fully saturated rings. The normalized spacial score (nSPS) is 17.4. The van der Waals surface area contributed by atoms with Gasteiger partial charge in [-0.2, -0.15) is 9.47 Å². The van der Waals surface area contributed by atoms with Gasteiger partial charge in [0.2, 0.25) is 0 Å². The highest BCUT2D eigenvalue weighted by molar-refractivity contribution is 7.13. The number of pyridine rings is 1. The molecule has 4 heterocycles. The van der Waals surface area contributed by atoms with Gasteiger partial charge in [0.1, 0.15) is 11.6 Å². The van der Waals surface area contributed by atoms with Gasteiger partial charge in [-0.15, -0.1) is 0 Å². The lowest BCUT2D eigenvalue weighted by Crippen LogP contribution is -2.21. The first-order chi connectivity index (χ1) is 17.0. The molecular formula is C25H26FN5O4S. The van der Waals surface area contributed by atoms with Gasteiger partial charge >= 0.3 is 0 Å². The Hall–Kier alpha value is -3.83. The molecule has 0 unspecified atom stereocenters. The molecule has 0 amide bonds. The Bertz CT molecular complexity index is 1500. The van der Waals surface area contributed by atoms with Crippen LogP contribution in [0, 0.1) is 5.82 Å². The fourth-order valence-corrected chi connectivity index (χ4v) is 5.28. The van der Waals surface area contributed by atoms with Crippen LogP contribution < -0.4 is 5.73 Å². The van der Waals surface area contributed by atoms with Crippen LogP contribution in [0.3, 0.4) is 0 Å². The van der Waals surface area contributed by atoms with E-state index in [0.717, 1.165) is 52.3 Å². The molecule has 6 rings (SSSR count). The van der Waals surface area contributed by atoms with Crippen LogP contribution in [0.25, 0.3) is 43.5 Å². The second-order valence-electron chi connectivity index (χ2n) is 8.38. The topological polar surface area (TPSA) is 140 Å². The average molecular weight is 512 g/mol. The summed E-state index contributed by atoms with van der Waals surface area (Å²) in [6, 6.07) is 5.07. The number of aliphatic hydroxyl groups excluding tert-OH is 1. The molecule has 0 atom stereocenters. The summed E-state index contributed by atoms with van der Waals surface area (Å²) >= 11 is 1.30. The summed E-state index contributed by atoms with van der Waals surface area (Å²) in [4.78, 5) is 12.7. The predicted molar refractivity (Wildman–Crippen MR) is 137 cm³/mol. The summed E-state index contributed by atoms with van der Waals surface area (Å²) in [7, 11) is 0. The molecule has 0 spiro atoms. The number of aromatic nitrogens is 4. The maximum absolute atomic E-state index is 14.2. The smallest absolute Gasteiger partial charge is 0.290 e. The van der Waals surface area contributed by atoms with E-state index >= 15 is 0 Å². The number of hydrogen-bond acceptors (Lipinski definition) is 8. The molecule has 36 heavy (non-hydrogen) atoms. The zero-order chi connectivity index (χ0) is 24.5. The minimum atomic E-state index is -0.349. The van der Waals surface area contributed by atoms with Crippen LogP contribution >= 0.6 is 11.5 Å². The summed E-state index contributed by atoms with van der Waals surface area (Å²) in [5.41, 5.74) is 8.98. The van der Waals surface area contributed by atoms with Crippen molar-refractivity contribution in [1.82, 2.24) is 19.1 Å². The van der Waals surface area contributed by atoms with Crippen molar-refractivity contribution in [1.29, 1.82) is 0 Å². The van der Waals surface area contributed by atoms with Gasteiger partial charge in [0.25, 0.3) is 6.47 Å². The van der Waals surface area contributed by atoms with Crippen molar-refractivity contribution in [3.63, 3.8) is 0 Å². The zero-order valence-electron chi connectivity index (χ0n) is 18.5. The van der Waals surface area contributed by atoms with Crippen LogP contribution in [0.15, 0.2) is 47.4 Å². The highest BCUT2D eigenvalue weighted by Gasteiger charge is 2.23. The van der Waals surface area contributed by atoms with Crippen molar-refractivity contribution in [3.05, 3.63) is 48.8 Å². The van der Waals surface area contributed by atoms with Crippen molar-refractivity contribution >= 4 is 44.9 Å². The van der Waals surface area contributed by atoms with E-state index in [-0.39, 0.29) is 37.7 Å². The van der Waals surface area contributed by atoms with Crippen molar-refractivity contribution in [2.45, 2.75) is 45.3 Å². The Morgan fingerprint density at radius 1 is 1.14 bits per heavy atom. The van der Waals surface area contributed by atoms with E-state index in [0.29, 0.717) is 16.9 Å². The Kier molecular flexibility index (Phi) is 7.32. The molecule has 1 aromatic carbocycles. The number of nitrogens with zero attached hydrogens (tertiary/aromatic N) is 4. The highest BCUT2D eigenvalue weighted by atomic mass is 32.1. The van der Waals surface area contributed by atoms with Crippen molar-refractivity contribution in [2.75, 3.05) is 5.73 Å². The van der Waals surface area contributed by atoms with Gasteiger partial charge in [-0.1, -0.05) is 7.43 Å². The first-order valence-corrected chi connectivity index (χ1v) is 11.8. The summed E-state index contributed by atoms with van der Waals surface area (Å²) in [5.74, 6) is 0.447. The van der Waals surface area contributed by atoms with Crippen molar-refractivity contribution in [2.24, 2.45) is 0 Å². The Labute approximate surface area is 210 Å². The first-order valence-electron chi connectivity index (χ1n) is 11.0. The average Bonchev–Trinajstić information content (AvgIpc) is 3.59. The predicted octanol–water partition coefficient (Wildman–Crippen LogP) is 5.50. The molecule has 0 saturated heterocycles. The number of hydrogen-bond donors (Lipinski definition) is 3. The number of carboxylic acid groups (broad SMARTS) is 1. The van der Waals surface area contributed by atoms with Crippen LogP contribution in [0.5, 0.6) is 0 Å². The number of fused-ring (bicyclic) bond motifs is 2. The fraction of sp³-hybridized carbons (Fsp3) is 0.280. The molecule has 188 valence electrons. The summed E-state index contributed by atoms with van der Waals surface area (Å²) in [6.45, 7) is -0.250. The Balaban J connectivity index is 0.000000726. The second kappa shape index (κ2) is 10.4. The lowest BCUT2D eigenvalue weighted by atomic mass is 9.93. The standard InChI is InChI=1S/C23H20FN5O2S.CH2O2.CH4/c24-14-5-12-9-28-32-22(12)18(6-14)20-7-17-19(10-26-23(25)21(17)31-20)13-8-27-29(11-13)15-1-3-16(30)4-2-15;2-1-3;/h5-11,15-16,30H,1-4H2,(H2,25,26);1H,(H,2,3);1H4. The number of furan rings is 1. The van der Waals surface area contributed by atoms with Crippen LogP contribution in [-0.2, 0) is 4.79 Å². The number of aliphatic hydroxyl groups is 1. The lowest BCUT2D eigenvalue weighted by Gasteiger charge is -2.25. The fourth-order valence-electron chi connectivity index (χ4n) is 4.54. The molecule has 1 aliphatic rings. The number of nitrogens with two attached hydrogens (primary N) is 1. The van der Waals surface area contributed by atoms with Crippen LogP contribution in [0.2, 0.25) is 0 Å². The minimum absolute atomic E-state index is 0. The van der Waals surface area contributed by atoms with E-state index in [2.05, 4.69) is 14.5 Å². The SMILES string of the molecule is C.Nc1ncc(-c2cnn(C3CCC(O)CC3)c2)c2cc(-c3cc(F)cc4cnsc34)oc12.O=CO. The molecule has 0 aliphatic heterocycles. The van der Waals surface area contributed by atoms with E-state index in [4.69, 9.17) is 20.1 Å². The maximum Gasteiger partial charge on any atom is 0.290 e. The first kappa shape index (κ1) is 25.3. The molecule has 0 radical (unpaired) electrons. The molecule has 0 bridgehead atoms. The zero-order valence-corrected chi connectivity index (χ0v) is 19.3. The third kappa shape index (κ3) is 4.67. The quantitative estimate of drug-likeness (QED) is 0.270. The largest absolute Gasteiger partial charge is 0.483 e. The molecular weight excluding hydrogens is 485 g/mol. The molecule has 11 heteroatoms. The molecule has 4 N–H and O–H groups in total. The summed E-state index contributed by atoms with van der Waals surface area (Å²) < 4.78 is 27.3. The second-order valence-corrected chi connectivity index (χ2v) is 9.19. The third-order valence-corrected chi connectivity index (χ3v) is 7.07. The highest BCUT2D eigenvalue weighted by Crippen LogP contribution is 2.40. The van der Waals surface area contributed by atoms with Gasteiger partial charge in [-0.25, -0.2) is 9.37 Å². The number of nitrogen functional groups attached to an aromatic ring is 1. The van der Waals surface area contributed by atoms with Gasteiger partial charge in [-0.05, 0) is 55.4 Å². The van der Waals surface area contributed by atoms with Crippen LogP contribution in [-0.4, -0.2) is 41.9 Å². The van der Waals surface area contributed by atoms with Gasteiger partial charge in [0.15, 0.2) is 11.4 Å². The summed E-state index contributed by atoms with van der Waals surface area (Å²) in [6.07, 6.45) is 10.4. The number of benzene rings is 1. The van der Waals surface area contributed by atoms with Gasteiger partial charge < -0.3 is 20.4 Å². The van der Waals surface area contributed by atoms with E-state index in [9.17, 15) is 9.50 Å². The monoisotopic (exact) mass is 511 g/mol. The van der Waals surface area contributed by atoms with Gasteiger partial charge in [0, 0.05) is 46.1 Å². The molecule has 1 saturated carbocycles.